The van der Waals surface area contributed by atoms with Crippen LogP contribution in [0.1, 0.15) is 37.1 Å². The van der Waals surface area contributed by atoms with Crippen molar-refractivity contribution in [1.82, 2.24) is 14.9 Å². The Morgan fingerprint density at radius 2 is 1.97 bits per heavy atom. The fourth-order valence-corrected chi connectivity index (χ4v) is 2.92. The van der Waals surface area contributed by atoms with Gasteiger partial charge in [-0.3, -0.25) is 0 Å². The number of aryl methyl sites for hydroxylation is 1. The first kappa shape index (κ1) is 23.2. The number of rotatable bonds is 10. The summed E-state index contributed by atoms with van der Waals surface area (Å²) in [5.74, 6) is 0.541. The molecule has 0 aliphatic carbocycles. The predicted molar refractivity (Wildman–Crippen MR) is 126 cm³/mol. The highest BCUT2D eigenvalue weighted by atomic mass is 16.5. The number of nitrogens with one attached hydrogen (secondary N) is 1. The third-order valence-electron chi connectivity index (χ3n) is 4.75. The number of hydrogen-bond acceptors (Lipinski definition) is 6. The molecule has 1 aromatic heterocycles. The lowest BCUT2D eigenvalue weighted by Gasteiger charge is -2.22. The number of ether oxygens (including phenoxy) is 1. The molecule has 30 heavy (non-hydrogen) atoms. The second kappa shape index (κ2) is 11.8. The van der Waals surface area contributed by atoms with Gasteiger partial charge in [0.1, 0.15) is 0 Å². The van der Waals surface area contributed by atoms with Gasteiger partial charge in [-0.05, 0) is 38.0 Å². The van der Waals surface area contributed by atoms with E-state index >= 15 is 0 Å². The Bertz CT molecular complexity index is 900. The average molecular weight is 408 g/mol. The van der Waals surface area contributed by atoms with Crippen LogP contribution >= 0.6 is 0 Å². The zero-order chi connectivity index (χ0) is 21.9. The minimum absolute atomic E-state index is 0.541. The molecule has 0 fully saturated rings. The number of anilines is 1. The fraction of sp³-hybridized carbons (Fsp3) is 0.333. The fourth-order valence-electron chi connectivity index (χ4n) is 2.92. The van der Waals surface area contributed by atoms with Crippen molar-refractivity contribution in [3.8, 4) is 0 Å². The first-order chi connectivity index (χ1) is 14.5. The van der Waals surface area contributed by atoms with E-state index in [0.717, 1.165) is 23.4 Å². The van der Waals surface area contributed by atoms with Crippen LogP contribution in [0, 0.1) is 6.92 Å². The van der Waals surface area contributed by atoms with Crippen molar-refractivity contribution in [3.63, 3.8) is 0 Å². The average Bonchev–Trinajstić information content (AvgIpc) is 2.75. The van der Waals surface area contributed by atoms with E-state index in [-0.39, 0.29) is 0 Å². The first-order valence-corrected chi connectivity index (χ1v) is 10.2. The summed E-state index contributed by atoms with van der Waals surface area (Å²) >= 11 is 0. The van der Waals surface area contributed by atoms with E-state index in [1.165, 1.54) is 11.1 Å². The van der Waals surface area contributed by atoms with Crippen molar-refractivity contribution < 1.29 is 4.74 Å². The van der Waals surface area contributed by atoms with E-state index < -0.39 is 0 Å². The topological polar surface area (TPSA) is 76.3 Å². The molecule has 0 amide bonds. The Hall–Kier alpha value is -3.12. The number of aromatic nitrogens is 2. The van der Waals surface area contributed by atoms with Gasteiger partial charge < -0.3 is 20.7 Å². The van der Waals surface area contributed by atoms with Crippen LogP contribution in [0.4, 0.5) is 5.95 Å². The van der Waals surface area contributed by atoms with Gasteiger partial charge in [0.05, 0.1) is 23.7 Å². The predicted octanol–water partition coefficient (Wildman–Crippen LogP) is 4.43. The molecule has 0 radical (unpaired) electrons. The summed E-state index contributed by atoms with van der Waals surface area (Å²) in [6, 6.07) is 10.1. The summed E-state index contributed by atoms with van der Waals surface area (Å²) in [7, 11) is 3.65. The summed E-state index contributed by atoms with van der Waals surface area (Å²) < 4.78 is 5.09. The summed E-state index contributed by atoms with van der Waals surface area (Å²) in [5, 5.41) is 3.18. The molecule has 0 aliphatic heterocycles. The molecule has 1 aromatic carbocycles. The number of methoxy groups -OCH3 is 1. The van der Waals surface area contributed by atoms with Crippen molar-refractivity contribution in [3.05, 3.63) is 77.3 Å². The SMILES string of the molecule is C/C=C(\C=C/N(C)/C(=C(\N)c1ccc(C)cc1)c1ccnc(NCCOC)n1)CC. The van der Waals surface area contributed by atoms with Crippen LogP contribution in [-0.2, 0) is 4.74 Å². The van der Waals surface area contributed by atoms with Gasteiger partial charge >= 0.3 is 0 Å². The zero-order valence-corrected chi connectivity index (χ0v) is 18.6. The van der Waals surface area contributed by atoms with Gasteiger partial charge in [0.2, 0.25) is 5.95 Å². The van der Waals surface area contributed by atoms with E-state index in [0.29, 0.717) is 24.8 Å². The Labute approximate surface area is 180 Å². The molecule has 160 valence electrons. The second-order valence-corrected chi connectivity index (χ2v) is 6.96. The highest BCUT2D eigenvalue weighted by Gasteiger charge is 2.15. The van der Waals surface area contributed by atoms with Crippen LogP contribution in [-0.4, -0.2) is 42.2 Å². The molecule has 2 rings (SSSR count). The summed E-state index contributed by atoms with van der Waals surface area (Å²) in [6.07, 6.45) is 8.94. The van der Waals surface area contributed by atoms with E-state index in [1.54, 1.807) is 13.3 Å². The second-order valence-electron chi connectivity index (χ2n) is 6.96. The van der Waals surface area contributed by atoms with Crippen molar-refractivity contribution >= 4 is 17.3 Å². The molecule has 0 atom stereocenters. The molecule has 0 aliphatic rings. The van der Waals surface area contributed by atoms with E-state index in [9.17, 15) is 0 Å². The zero-order valence-electron chi connectivity index (χ0n) is 18.6. The van der Waals surface area contributed by atoms with Gasteiger partial charge in [-0.1, -0.05) is 48.4 Å². The minimum atomic E-state index is 0.541. The largest absolute Gasteiger partial charge is 0.396 e. The molecule has 0 saturated carbocycles. The highest BCUT2D eigenvalue weighted by molar-refractivity contribution is 5.87. The lowest BCUT2D eigenvalue weighted by atomic mass is 10.1. The Kier molecular flexibility index (Phi) is 9.09. The number of benzene rings is 1. The maximum Gasteiger partial charge on any atom is 0.223 e. The van der Waals surface area contributed by atoms with Gasteiger partial charge in [-0.2, -0.15) is 0 Å². The Morgan fingerprint density at radius 1 is 1.23 bits per heavy atom. The van der Waals surface area contributed by atoms with Crippen LogP contribution in [0.5, 0.6) is 0 Å². The van der Waals surface area contributed by atoms with Gasteiger partial charge in [-0.15, -0.1) is 0 Å². The van der Waals surface area contributed by atoms with Gasteiger partial charge in [-0.25, -0.2) is 9.97 Å². The molecular formula is C24H33N5O. The quantitative estimate of drug-likeness (QED) is 0.448. The molecule has 6 heteroatoms. The first-order valence-electron chi connectivity index (χ1n) is 10.2. The molecule has 0 saturated heterocycles. The lowest BCUT2D eigenvalue weighted by molar-refractivity contribution is 0.210. The summed E-state index contributed by atoms with van der Waals surface area (Å²) in [5.41, 5.74) is 12.3. The third-order valence-corrected chi connectivity index (χ3v) is 4.75. The summed E-state index contributed by atoms with van der Waals surface area (Å²) in [4.78, 5) is 11.0. The van der Waals surface area contributed by atoms with Gasteiger partial charge in [0, 0.05) is 33.1 Å². The summed E-state index contributed by atoms with van der Waals surface area (Å²) in [6.45, 7) is 7.45. The van der Waals surface area contributed by atoms with E-state index in [1.807, 2.05) is 43.3 Å². The van der Waals surface area contributed by atoms with Crippen molar-refractivity contribution in [1.29, 1.82) is 0 Å². The number of hydrogen-bond donors (Lipinski definition) is 2. The maximum atomic E-state index is 6.65. The van der Waals surface area contributed by atoms with Crippen molar-refractivity contribution in [2.24, 2.45) is 5.73 Å². The van der Waals surface area contributed by atoms with Crippen molar-refractivity contribution in [2.75, 3.05) is 32.6 Å². The molecule has 0 unspecified atom stereocenters. The smallest absolute Gasteiger partial charge is 0.223 e. The van der Waals surface area contributed by atoms with E-state index in [2.05, 4.69) is 48.4 Å². The van der Waals surface area contributed by atoms with Crippen LogP contribution in [0.2, 0.25) is 0 Å². The monoisotopic (exact) mass is 407 g/mol. The number of nitrogens with zero attached hydrogens (tertiary/aromatic N) is 3. The van der Waals surface area contributed by atoms with Crippen LogP contribution in [0.15, 0.2) is 60.5 Å². The molecule has 3 N–H and O–H groups in total. The maximum absolute atomic E-state index is 6.65. The normalized spacial score (nSPS) is 12.8. The number of nitrogens with two attached hydrogens (primary N) is 1. The Balaban J connectivity index is 2.49. The Morgan fingerprint density at radius 3 is 2.60 bits per heavy atom. The van der Waals surface area contributed by atoms with E-state index in [4.69, 9.17) is 15.5 Å². The molecular weight excluding hydrogens is 374 g/mol. The molecule has 2 aromatic rings. The van der Waals surface area contributed by atoms with Gasteiger partial charge in [0.25, 0.3) is 0 Å². The van der Waals surface area contributed by atoms with Crippen LogP contribution < -0.4 is 11.1 Å². The lowest BCUT2D eigenvalue weighted by Crippen LogP contribution is -2.17. The third kappa shape index (κ3) is 6.46. The molecule has 0 bridgehead atoms. The van der Waals surface area contributed by atoms with Crippen molar-refractivity contribution in [2.45, 2.75) is 27.2 Å². The highest BCUT2D eigenvalue weighted by Crippen LogP contribution is 2.25. The van der Waals surface area contributed by atoms with Gasteiger partial charge in [0.15, 0.2) is 0 Å². The van der Waals surface area contributed by atoms with Crippen LogP contribution in [0.25, 0.3) is 11.4 Å². The minimum Gasteiger partial charge on any atom is -0.396 e. The van der Waals surface area contributed by atoms with Crippen LogP contribution in [0.3, 0.4) is 0 Å². The number of allylic oxidation sites excluding steroid dienone is 3. The molecule has 6 nitrogen and oxygen atoms in total. The molecule has 1 heterocycles. The molecule has 0 spiro atoms. The standard InChI is InChI=1S/C24H33N5O/c1-6-19(7-2)13-16-29(4)23(22(25)20-10-8-18(3)9-11-20)21-12-14-26-24(28-21)27-15-17-30-5/h6,8-14,16H,7,15,17,25H2,1-5H3,(H,26,27,28)/b16-13-,19-6-,23-22-.